The van der Waals surface area contributed by atoms with Crippen molar-refractivity contribution in [2.75, 3.05) is 13.6 Å². The first-order valence-electron chi connectivity index (χ1n) is 6.87. The number of hydrogen-bond donors (Lipinski definition) is 2. The van der Waals surface area contributed by atoms with E-state index < -0.39 is 0 Å². The number of nitrogens with two attached hydrogens (primary N) is 1. The minimum atomic E-state index is -0.0515. The Hall–Kier alpha value is -0.690. The van der Waals surface area contributed by atoms with E-state index in [2.05, 4.69) is 22.2 Å². The van der Waals surface area contributed by atoms with Gasteiger partial charge in [0.15, 0.2) is 5.01 Å². The van der Waals surface area contributed by atoms with Crippen LogP contribution in [0.3, 0.4) is 0 Å². The van der Waals surface area contributed by atoms with E-state index in [1.165, 1.54) is 16.2 Å². The number of fused-ring (bicyclic) bond motifs is 1. The van der Waals surface area contributed by atoms with Gasteiger partial charge in [-0.05, 0) is 26.3 Å². The van der Waals surface area contributed by atoms with Gasteiger partial charge in [0.25, 0.3) is 5.91 Å². The van der Waals surface area contributed by atoms with Crippen LogP contribution in [0.4, 0.5) is 0 Å². The lowest BCUT2D eigenvalue weighted by Gasteiger charge is -2.20. The van der Waals surface area contributed by atoms with E-state index in [1.807, 2.05) is 0 Å². The molecule has 0 spiro atoms. The molecule has 1 aromatic rings. The van der Waals surface area contributed by atoms with Crippen LogP contribution in [-0.4, -0.2) is 41.5 Å². The monoisotopic (exact) mass is 316 g/mol. The number of amides is 1. The normalized spacial score (nSPS) is 25.9. The molecule has 1 amide bonds. The van der Waals surface area contributed by atoms with Gasteiger partial charge in [-0.3, -0.25) is 4.79 Å². The van der Waals surface area contributed by atoms with Gasteiger partial charge in [0.1, 0.15) is 0 Å². The molecule has 0 bridgehead atoms. The quantitative estimate of drug-likeness (QED) is 0.859. The van der Waals surface area contributed by atoms with Crippen LogP contribution in [-0.2, 0) is 13.0 Å². The molecule has 3 rings (SSSR count). The second-order valence-electron chi connectivity index (χ2n) is 5.55. The molecular weight excluding hydrogens is 296 g/mol. The zero-order valence-electron chi connectivity index (χ0n) is 11.6. The highest BCUT2D eigenvalue weighted by molar-refractivity contribution is 7.13. The first-order valence-corrected chi connectivity index (χ1v) is 7.68. The highest BCUT2D eigenvalue weighted by atomic mass is 35.5. The maximum atomic E-state index is 12.2. The van der Waals surface area contributed by atoms with Crippen molar-refractivity contribution in [3.8, 4) is 0 Å². The van der Waals surface area contributed by atoms with Gasteiger partial charge in [0, 0.05) is 36.5 Å². The number of nitrogens with one attached hydrogen (secondary N) is 1. The Bertz CT molecular complexity index is 493. The SMILES string of the molecule is CN1CCc2nc(C(=O)NC3CCCC3N)sc2C1.Cl. The maximum absolute atomic E-state index is 12.2. The van der Waals surface area contributed by atoms with Crippen LogP contribution >= 0.6 is 23.7 Å². The fraction of sp³-hybridized carbons (Fsp3) is 0.692. The van der Waals surface area contributed by atoms with Crippen LogP contribution in [0.1, 0.15) is 39.6 Å². The molecule has 2 atom stereocenters. The van der Waals surface area contributed by atoms with Gasteiger partial charge in [-0.15, -0.1) is 23.7 Å². The lowest BCUT2D eigenvalue weighted by Crippen LogP contribution is -2.43. The summed E-state index contributed by atoms with van der Waals surface area (Å²) in [6, 6.07) is 0.223. The lowest BCUT2D eigenvalue weighted by atomic mass is 10.2. The summed E-state index contributed by atoms with van der Waals surface area (Å²) < 4.78 is 0. The molecule has 7 heteroatoms. The number of hydrogen-bond acceptors (Lipinski definition) is 5. The van der Waals surface area contributed by atoms with E-state index in [1.54, 1.807) is 0 Å². The number of carbonyl (C=O) groups is 1. The minimum Gasteiger partial charge on any atom is -0.346 e. The Morgan fingerprint density at radius 2 is 2.30 bits per heavy atom. The molecule has 0 saturated heterocycles. The Balaban J connectivity index is 0.00000147. The van der Waals surface area contributed by atoms with Crippen LogP contribution in [0.2, 0.25) is 0 Å². The Kier molecular flexibility index (Phi) is 5.01. The smallest absolute Gasteiger partial charge is 0.280 e. The van der Waals surface area contributed by atoms with Crippen molar-refractivity contribution in [3.63, 3.8) is 0 Å². The predicted molar refractivity (Wildman–Crippen MR) is 82.5 cm³/mol. The van der Waals surface area contributed by atoms with Crippen LogP contribution in [0.15, 0.2) is 0 Å². The van der Waals surface area contributed by atoms with Crippen molar-refractivity contribution in [2.45, 2.75) is 44.3 Å². The zero-order valence-corrected chi connectivity index (χ0v) is 13.2. The summed E-state index contributed by atoms with van der Waals surface area (Å²) in [6.45, 7) is 1.93. The van der Waals surface area contributed by atoms with E-state index in [4.69, 9.17) is 5.73 Å². The molecule has 0 aromatic carbocycles. The average Bonchev–Trinajstić information content (AvgIpc) is 2.96. The number of nitrogens with zero attached hydrogens (tertiary/aromatic N) is 2. The van der Waals surface area contributed by atoms with E-state index in [-0.39, 0.29) is 30.4 Å². The van der Waals surface area contributed by atoms with Crippen LogP contribution in [0, 0.1) is 0 Å². The van der Waals surface area contributed by atoms with Crippen molar-refractivity contribution < 1.29 is 4.79 Å². The fourth-order valence-corrected chi connectivity index (χ4v) is 3.91. The number of likely N-dealkylation sites (N-methyl/N-ethyl adjacent to an activating group) is 1. The Morgan fingerprint density at radius 1 is 1.50 bits per heavy atom. The topological polar surface area (TPSA) is 71.2 Å². The summed E-state index contributed by atoms with van der Waals surface area (Å²) in [5, 5.41) is 3.63. The number of carbonyl (C=O) groups excluding carboxylic acids is 1. The third-order valence-corrected chi connectivity index (χ3v) is 5.08. The van der Waals surface area contributed by atoms with Crippen LogP contribution in [0.5, 0.6) is 0 Å². The third-order valence-electron chi connectivity index (χ3n) is 4.00. The van der Waals surface area contributed by atoms with Crippen LogP contribution < -0.4 is 11.1 Å². The van der Waals surface area contributed by atoms with Crippen molar-refractivity contribution in [1.82, 2.24) is 15.2 Å². The van der Waals surface area contributed by atoms with Crippen LogP contribution in [0.25, 0.3) is 0 Å². The summed E-state index contributed by atoms with van der Waals surface area (Å²) in [7, 11) is 2.10. The fourth-order valence-electron chi connectivity index (χ4n) is 2.82. The molecule has 0 radical (unpaired) electrons. The molecule has 5 nitrogen and oxygen atoms in total. The van der Waals surface area contributed by atoms with Crippen molar-refractivity contribution >= 4 is 29.7 Å². The van der Waals surface area contributed by atoms with Crippen molar-refractivity contribution in [1.29, 1.82) is 0 Å². The minimum absolute atomic E-state index is 0. The molecule has 2 unspecified atom stereocenters. The van der Waals surface area contributed by atoms with Gasteiger partial charge in [-0.2, -0.15) is 0 Å². The highest BCUT2D eigenvalue weighted by Crippen LogP contribution is 2.25. The molecule has 2 heterocycles. The predicted octanol–water partition coefficient (Wildman–Crippen LogP) is 1.16. The van der Waals surface area contributed by atoms with E-state index in [0.717, 1.165) is 44.5 Å². The second kappa shape index (κ2) is 6.39. The summed E-state index contributed by atoms with van der Waals surface area (Å²) in [5.74, 6) is -0.0515. The maximum Gasteiger partial charge on any atom is 0.280 e. The summed E-state index contributed by atoms with van der Waals surface area (Å²) >= 11 is 1.53. The molecule has 112 valence electrons. The van der Waals surface area contributed by atoms with Gasteiger partial charge in [-0.1, -0.05) is 0 Å². The molecule has 1 saturated carbocycles. The molecular formula is C13H21ClN4OS. The molecule has 1 aromatic heterocycles. The average molecular weight is 317 g/mol. The number of thiazole rings is 1. The van der Waals surface area contributed by atoms with Gasteiger partial charge in [-0.25, -0.2) is 4.98 Å². The summed E-state index contributed by atoms with van der Waals surface area (Å²) in [4.78, 5) is 20.2. The molecule has 20 heavy (non-hydrogen) atoms. The highest BCUT2D eigenvalue weighted by Gasteiger charge is 2.27. The molecule has 1 aliphatic carbocycles. The molecule has 1 aliphatic heterocycles. The van der Waals surface area contributed by atoms with Gasteiger partial charge < -0.3 is 16.0 Å². The van der Waals surface area contributed by atoms with Gasteiger partial charge in [0.2, 0.25) is 0 Å². The molecule has 2 aliphatic rings. The van der Waals surface area contributed by atoms with Crippen molar-refractivity contribution in [3.05, 3.63) is 15.6 Å². The van der Waals surface area contributed by atoms with E-state index in [0.29, 0.717) is 5.01 Å². The summed E-state index contributed by atoms with van der Waals surface area (Å²) in [6.07, 6.45) is 4.04. The standard InChI is InChI=1S/C13H20N4OS.ClH/c1-17-6-5-10-11(7-17)19-13(16-10)12(18)15-9-4-2-3-8(9)14;/h8-9H,2-7,14H2,1H3,(H,15,18);1H. The van der Waals surface area contributed by atoms with E-state index >= 15 is 0 Å². The first kappa shape index (κ1) is 15.7. The van der Waals surface area contributed by atoms with E-state index in [9.17, 15) is 4.79 Å². The largest absolute Gasteiger partial charge is 0.346 e. The second-order valence-corrected chi connectivity index (χ2v) is 6.64. The number of rotatable bonds is 2. The Labute approximate surface area is 129 Å². The summed E-state index contributed by atoms with van der Waals surface area (Å²) in [5.41, 5.74) is 7.08. The van der Waals surface area contributed by atoms with Gasteiger partial charge >= 0.3 is 0 Å². The Morgan fingerprint density at radius 3 is 3.00 bits per heavy atom. The lowest BCUT2D eigenvalue weighted by molar-refractivity contribution is 0.0934. The van der Waals surface area contributed by atoms with Crippen molar-refractivity contribution in [2.24, 2.45) is 5.73 Å². The van der Waals surface area contributed by atoms with Gasteiger partial charge in [0.05, 0.1) is 5.69 Å². The molecule has 3 N–H and O–H groups in total. The molecule has 1 fully saturated rings. The number of halogens is 1. The third kappa shape index (κ3) is 3.14. The zero-order chi connectivity index (χ0) is 13.4. The number of aromatic nitrogens is 1. The first-order chi connectivity index (χ1) is 9.13.